The number of hydrogen-bond donors (Lipinski definition) is 2. The third-order valence-corrected chi connectivity index (χ3v) is 8.83. The molecule has 1 saturated heterocycles. The smallest absolute Gasteiger partial charge is 0.258 e. The number of nitrogens with one attached hydrogen (secondary N) is 2. The lowest BCUT2D eigenvalue weighted by atomic mass is 10.2. The van der Waals surface area contributed by atoms with E-state index in [1.807, 2.05) is 6.92 Å². The Balaban J connectivity index is 1.45. The zero-order valence-corrected chi connectivity index (χ0v) is 20.8. The maximum atomic E-state index is 12.6. The summed E-state index contributed by atoms with van der Waals surface area (Å²) in [6, 6.07) is 12.3. The van der Waals surface area contributed by atoms with Crippen LogP contribution in [-0.2, 0) is 31.4 Å². The third kappa shape index (κ3) is 7.02. The highest BCUT2D eigenvalue weighted by atomic mass is 32.2. The van der Waals surface area contributed by atoms with Crippen molar-refractivity contribution in [2.75, 3.05) is 26.2 Å². The first-order chi connectivity index (χ1) is 16.2. The number of sulfonamides is 2. The van der Waals surface area contributed by atoms with Crippen LogP contribution in [0.3, 0.4) is 0 Å². The van der Waals surface area contributed by atoms with E-state index in [9.17, 15) is 21.6 Å². The molecule has 0 saturated carbocycles. The number of carbonyl (C=O) groups excluding carboxylic acids is 1. The van der Waals surface area contributed by atoms with Gasteiger partial charge in [-0.3, -0.25) is 4.79 Å². The van der Waals surface area contributed by atoms with E-state index in [1.54, 1.807) is 24.3 Å². The van der Waals surface area contributed by atoms with Crippen molar-refractivity contribution in [2.24, 2.45) is 0 Å². The zero-order valence-electron chi connectivity index (χ0n) is 19.2. The minimum atomic E-state index is -3.56. The van der Waals surface area contributed by atoms with E-state index in [1.165, 1.54) is 28.6 Å². The summed E-state index contributed by atoms with van der Waals surface area (Å²) in [5.41, 5.74) is 0.763. The molecule has 0 radical (unpaired) electrons. The number of ether oxygens (including phenoxy) is 1. The molecule has 1 fully saturated rings. The molecule has 0 aliphatic carbocycles. The van der Waals surface area contributed by atoms with E-state index < -0.39 is 20.0 Å². The first-order valence-electron chi connectivity index (χ1n) is 11.3. The fraction of sp³-hybridized carbons (Fsp3) is 0.435. The Morgan fingerprint density at radius 2 is 1.56 bits per heavy atom. The summed E-state index contributed by atoms with van der Waals surface area (Å²) in [4.78, 5) is 12.5. The lowest BCUT2D eigenvalue weighted by molar-refractivity contribution is -0.123. The van der Waals surface area contributed by atoms with E-state index >= 15 is 0 Å². The summed E-state index contributed by atoms with van der Waals surface area (Å²) in [6.07, 6.45) is 3.41. The molecule has 0 spiro atoms. The van der Waals surface area contributed by atoms with Gasteiger partial charge >= 0.3 is 0 Å². The molecule has 1 heterocycles. The quantitative estimate of drug-likeness (QED) is 0.423. The maximum absolute atomic E-state index is 12.6. The fourth-order valence-corrected chi connectivity index (χ4v) is 6.03. The highest BCUT2D eigenvalue weighted by Gasteiger charge is 2.26. The van der Waals surface area contributed by atoms with Crippen molar-refractivity contribution in [3.05, 3.63) is 54.1 Å². The van der Waals surface area contributed by atoms with Crippen molar-refractivity contribution in [1.29, 1.82) is 0 Å². The molecule has 2 aromatic rings. The number of hydrogen-bond acceptors (Lipinski definition) is 6. The second-order valence-corrected chi connectivity index (χ2v) is 11.7. The molecule has 2 N–H and O–H groups in total. The van der Waals surface area contributed by atoms with Gasteiger partial charge in [-0.2, -0.15) is 4.31 Å². The molecule has 11 heteroatoms. The number of rotatable bonds is 12. The summed E-state index contributed by atoms with van der Waals surface area (Å²) < 4.78 is 59.0. The van der Waals surface area contributed by atoms with Crippen LogP contribution in [0.4, 0.5) is 0 Å². The monoisotopic (exact) mass is 509 g/mol. The molecule has 0 bridgehead atoms. The van der Waals surface area contributed by atoms with E-state index in [0.29, 0.717) is 25.4 Å². The van der Waals surface area contributed by atoms with Gasteiger partial charge < -0.3 is 10.1 Å². The van der Waals surface area contributed by atoms with Crippen molar-refractivity contribution >= 4 is 26.0 Å². The zero-order chi connectivity index (χ0) is 24.6. The molecule has 1 aliphatic rings. The molecular formula is C23H31N3O6S2. The number of amides is 1. The predicted molar refractivity (Wildman–Crippen MR) is 128 cm³/mol. The summed E-state index contributed by atoms with van der Waals surface area (Å²) >= 11 is 0. The Kier molecular flexibility index (Phi) is 9.06. The average Bonchev–Trinajstić information content (AvgIpc) is 3.38. The van der Waals surface area contributed by atoms with Gasteiger partial charge in [-0.25, -0.2) is 21.6 Å². The van der Waals surface area contributed by atoms with Gasteiger partial charge in [0.15, 0.2) is 6.61 Å². The summed E-state index contributed by atoms with van der Waals surface area (Å²) in [5, 5.41) is 2.72. The van der Waals surface area contributed by atoms with Crippen molar-refractivity contribution in [2.45, 2.75) is 48.9 Å². The van der Waals surface area contributed by atoms with E-state index in [2.05, 4.69) is 10.0 Å². The summed E-state index contributed by atoms with van der Waals surface area (Å²) in [7, 11) is -7.02. The molecule has 1 amide bonds. The summed E-state index contributed by atoms with van der Waals surface area (Å²) in [6.45, 7) is 3.46. The Bertz CT molecular complexity index is 1160. The van der Waals surface area contributed by atoms with Crippen LogP contribution < -0.4 is 14.8 Å². The van der Waals surface area contributed by atoms with Gasteiger partial charge in [-0.05, 0) is 61.2 Å². The SMILES string of the molecule is CCCCNS(=O)(=O)c1ccc(OCC(=O)NCc2ccc(S(=O)(=O)N3CCCC3)cc2)cc1. The van der Waals surface area contributed by atoms with Crippen LogP contribution in [0, 0.1) is 0 Å². The second-order valence-electron chi connectivity index (χ2n) is 8.04. The average molecular weight is 510 g/mol. The molecule has 3 rings (SSSR count). The van der Waals surface area contributed by atoms with Gasteiger partial charge in [0, 0.05) is 26.2 Å². The van der Waals surface area contributed by atoms with E-state index in [4.69, 9.17) is 4.74 Å². The van der Waals surface area contributed by atoms with Gasteiger partial charge in [-0.1, -0.05) is 25.5 Å². The normalized spacial score (nSPS) is 14.7. The Labute approximate surface area is 201 Å². The first kappa shape index (κ1) is 26.1. The Morgan fingerprint density at radius 1 is 0.941 bits per heavy atom. The number of benzene rings is 2. The van der Waals surface area contributed by atoms with Crippen LogP contribution in [0.1, 0.15) is 38.2 Å². The molecule has 0 atom stereocenters. The predicted octanol–water partition coefficient (Wildman–Crippen LogP) is 2.24. The standard InChI is InChI=1S/C23H31N3O6S2/c1-2-3-14-25-33(28,29)21-12-8-20(9-13-21)32-18-23(27)24-17-19-6-10-22(11-7-19)34(30,31)26-15-4-5-16-26/h6-13,25H,2-5,14-18H2,1H3,(H,24,27). The lowest BCUT2D eigenvalue weighted by Crippen LogP contribution is -2.29. The van der Waals surface area contributed by atoms with Gasteiger partial charge in [0.2, 0.25) is 20.0 Å². The van der Waals surface area contributed by atoms with Crippen molar-refractivity contribution in [3.63, 3.8) is 0 Å². The van der Waals surface area contributed by atoms with Crippen molar-refractivity contribution in [3.8, 4) is 5.75 Å². The van der Waals surface area contributed by atoms with Gasteiger partial charge in [0.1, 0.15) is 5.75 Å². The van der Waals surface area contributed by atoms with Crippen molar-refractivity contribution < 1.29 is 26.4 Å². The second kappa shape index (κ2) is 11.8. The van der Waals surface area contributed by atoms with Crippen LogP contribution >= 0.6 is 0 Å². The number of nitrogens with zero attached hydrogens (tertiary/aromatic N) is 1. The molecular weight excluding hydrogens is 478 g/mol. The topological polar surface area (TPSA) is 122 Å². The highest BCUT2D eigenvalue weighted by molar-refractivity contribution is 7.89. The molecule has 1 aliphatic heterocycles. The molecule has 0 aromatic heterocycles. The Morgan fingerprint density at radius 3 is 2.18 bits per heavy atom. The number of unbranched alkanes of at least 4 members (excludes halogenated alkanes) is 1. The summed E-state index contributed by atoms with van der Waals surface area (Å²) in [5.74, 6) is 0.0193. The van der Waals surface area contributed by atoms with Gasteiger partial charge in [-0.15, -0.1) is 0 Å². The van der Waals surface area contributed by atoms with E-state index in [-0.39, 0.29) is 28.8 Å². The lowest BCUT2D eigenvalue weighted by Gasteiger charge is -2.15. The molecule has 9 nitrogen and oxygen atoms in total. The highest BCUT2D eigenvalue weighted by Crippen LogP contribution is 2.21. The third-order valence-electron chi connectivity index (χ3n) is 5.44. The van der Waals surface area contributed by atoms with Crippen LogP contribution in [0.25, 0.3) is 0 Å². The minimum Gasteiger partial charge on any atom is -0.484 e. The van der Waals surface area contributed by atoms with Gasteiger partial charge in [0.05, 0.1) is 9.79 Å². The van der Waals surface area contributed by atoms with Crippen molar-refractivity contribution in [1.82, 2.24) is 14.3 Å². The first-order valence-corrected chi connectivity index (χ1v) is 14.2. The van der Waals surface area contributed by atoms with Crippen LogP contribution in [0.15, 0.2) is 58.3 Å². The van der Waals surface area contributed by atoms with Crippen LogP contribution in [0.5, 0.6) is 5.75 Å². The van der Waals surface area contributed by atoms with Crippen LogP contribution in [0.2, 0.25) is 0 Å². The van der Waals surface area contributed by atoms with Crippen LogP contribution in [-0.4, -0.2) is 53.3 Å². The van der Waals surface area contributed by atoms with Gasteiger partial charge in [0.25, 0.3) is 5.91 Å². The Hall–Kier alpha value is -2.47. The minimum absolute atomic E-state index is 0.135. The number of carbonyl (C=O) groups is 1. The maximum Gasteiger partial charge on any atom is 0.258 e. The molecule has 186 valence electrons. The fourth-order valence-electron chi connectivity index (χ4n) is 3.44. The molecule has 2 aromatic carbocycles. The van der Waals surface area contributed by atoms with E-state index in [0.717, 1.165) is 31.2 Å². The largest absolute Gasteiger partial charge is 0.484 e. The molecule has 34 heavy (non-hydrogen) atoms. The molecule has 0 unspecified atom stereocenters.